The molecule has 0 amide bonds. The molecule has 100 valence electrons. The van der Waals surface area contributed by atoms with Gasteiger partial charge in [-0.05, 0) is 35.9 Å². The molecule has 0 saturated heterocycles. The van der Waals surface area contributed by atoms with E-state index in [1.807, 2.05) is 0 Å². The Morgan fingerprint density at radius 3 is 2.11 bits per heavy atom. The van der Waals surface area contributed by atoms with Gasteiger partial charge in [0.1, 0.15) is 11.6 Å². The Labute approximate surface area is 105 Å². The molecule has 0 aliphatic rings. The van der Waals surface area contributed by atoms with Crippen LogP contribution < -0.4 is 5.73 Å². The van der Waals surface area contributed by atoms with Crippen LogP contribution in [0.5, 0.6) is 0 Å². The van der Waals surface area contributed by atoms with E-state index in [0.717, 1.165) is 12.1 Å². The van der Waals surface area contributed by atoms with Crippen LogP contribution in [0.4, 0.5) is 27.6 Å². The standard InChI is InChI=1S/C13H8F5N/c14-11-4-2-8(19)6-9(11)7-1-3-12(15)10(5-7)13(16,17)18/h1-6H,19H2. The minimum absolute atomic E-state index is 0.0847. The van der Waals surface area contributed by atoms with E-state index in [9.17, 15) is 22.0 Å². The number of hydrogen-bond acceptors (Lipinski definition) is 1. The summed E-state index contributed by atoms with van der Waals surface area (Å²) in [4.78, 5) is 0. The number of halogens is 5. The Bertz CT molecular complexity index is 619. The summed E-state index contributed by atoms with van der Waals surface area (Å²) >= 11 is 0. The quantitative estimate of drug-likeness (QED) is 0.610. The van der Waals surface area contributed by atoms with Crippen molar-refractivity contribution >= 4 is 5.69 Å². The van der Waals surface area contributed by atoms with Gasteiger partial charge in [0, 0.05) is 11.3 Å². The predicted octanol–water partition coefficient (Wildman–Crippen LogP) is 4.23. The topological polar surface area (TPSA) is 26.0 Å². The molecule has 0 aliphatic carbocycles. The third kappa shape index (κ3) is 2.67. The molecule has 1 nitrogen and oxygen atoms in total. The first kappa shape index (κ1) is 13.3. The number of nitrogen functional groups attached to an aromatic ring is 1. The maximum absolute atomic E-state index is 13.6. The van der Waals surface area contributed by atoms with Crippen LogP contribution in [0.15, 0.2) is 36.4 Å². The predicted molar refractivity (Wildman–Crippen MR) is 61.2 cm³/mol. The number of hydrogen-bond donors (Lipinski definition) is 1. The van der Waals surface area contributed by atoms with Crippen molar-refractivity contribution in [1.82, 2.24) is 0 Å². The first-order valence-electron chi connectivity index (χ1n) is 5.21. The van der Waals surface area contributed by atoms with E-state index >= 15 is 0 Å². The van der Waals surface area contributed by atoms with Crippen LogP contribution in [-0.2, 0) is 6.18 Å². The fourth-order valence-corrected chi connectivity index (χ4v) is 1.67. The molecule has 0 heterocycles. The smallest absolute Gasteiger partial charge is 0.399 e. The maximum Gasteiger partial charge on any atom is 0.419 e. The highest BCUT2D eigenvalue weighted by atomic mass is 19.4. The second kappa shape index (κ2) is 4.53. The average Bonchev–Trinajstić information content (AvgIpc) is 2.31. The molecule has 6 heteroatoms. The van der Waals surface area contributed by atoms with E-state index in [0.29, 0.717) is 12.1 Å². The van der Waals surface area contributed by atoms with Gasteiger partial charge in [0.15, 0.2) is 0 Å². The Balaban J connectivity index is 2.61. The van der Waals surface area contributed by atoms with E-state index < -0.39 is 23.4 Å². The monoisotopic (exact) mass is 273 g/mol. The zero-order chi connectivity index (χ0) is 14.2. The van der Waals surface area contributed by atoms with E-state index in [-0.39, 0.29) is 16.8 Å². The van der Waals surface area contributed by atoms with Crippen LogP contribution in [-0.4, -0.2) is 0 Å². The van der Waals surface area contributed by atoms with Gasteiger partial charge < -0.3 is 5.73 Å². The summed E-state index contributed by atoms with van der Waals surface area (Å²) in [6.07, 6.45) is -4.84. The number of alkyl halides is 3. The molecule has 0 bridgehead atoms. The number of rotatable bonds is 1. The lowest BCUT2D eigenvalue weighted by Gasteiger charge is -2.11. The fourth-order valence-electron chi connectivity index (χ4n) is 1.67. The zero-order valence-corrected chi connectivity index (χ0v) is 9.43. The van der Waals surface area contributed by atoms with Gasteiger partial charge in [0.25, 0.3) is 0 Å². The van der Waals surface area contributed by atoms with Crippen molar-refractivity contribution in [2.45, 2.75) is 6.18 Å². The molecule has 19 heavy (non-hydrogen) atoms. The van der Waals surface area contributed by atoms with Crippen LogP contribution in [0.2, 0.25) is 0 Å². The van der Waals surface area contributed by atoms with Crippen molar-refractivity contribution in [2.24, 2.45) is 0 Å². The lowest BCUT2D eigenvalue weighted by atomic mass is 10.0. The molecule has 0 aliphatic heterocycles. The first-order valence-corrected chi connectivity index (χ1v) is 5.21. The highest BCUT2D eigenvalue weighted by Gasteiger charge is 2.34. The van der Waals surface area contributed by atoms with Crippen LogP contribution >= 0.6 is 0 Å². The molecule has 0 radical (unpaired) electrons. The fraction of sp³-hybridized carbons (Fsp3) is 0.0769. The van der Waals surface area contributed by atoms with E-state index in [1.165, 1.54) is 12.1 Å². The molecule has 2 aromatic carbocycles. The van der Waals surface area contributed by atoms with E-state index in [1.54, 1.807) is 0 Å². The second-order valence-electron chi connectivity index (χ2n) is 3.93. The Morgan fingerprint density at radius 1 is 0.842 bits per heavy atom. The zero-order valence-electron chi connectivity index (χ0n) is 9.43. The van der Waals surface area contributed by atoms with Crippen LogP contribution in [0, 0.1) is 11.6 Å². The van der Waals surface area contributed by atoms with Gasteiger partial charge in [0.2, 0.25) is 0 Å². The van der Waals surface area contributed by atoms with Crippen LogP contribution in [0.25, 0.3) is 11.1 Å². The van der Waals surface area contributed by atoms with Crippen molar-refractivity contribution in [3.05, 3.63) is 53.6 Å². The van der Waals surface area contributed by atoms with Gasteiger partial charge in [-0.1, -0.05) is 6.07 Å². The second-order valence-corrected chi connectivity index (χ2v) is 3.93. The van der Waals surface area contributed by atoms with Crippen molar-refractivity contribution < 1.29 is 22.0 Å². The molecular weight excluding hydrogens is 265 g/mol. The maximum atomic E-state index is 13.6. The third-order valence-corrected chi connectivity index (χ3v) is 2.57. The van der Waals surface area contributed by atoms with E-state index in [2.05, 4.69) is 0 Å². The summed E-state index contributed by atoms with van der Waals surface area (Å²) in [6.45, 7) is 0. The van der Waals surface area contributed by atoms with Crippen molar-refractivity contribution in [1.29, 1.82) is 0 Å². The highest BCUT2D eigenvalue weighted by molar-refractivity contribution is 5.68. The average molecular weight is 273 g/mol. The van der Waals surface area contributed by atoms with Crippen LogP contribution in [0.3, 0.4) is 0 Å². The molecule has 2 aromatic rings. The van der Waals surface area contributed by atoms with Gasteiger partial charge in [-0.2, -0.15) is 13.2 Å². The summed E-state index contributed by atoms with van der Waals surface area (Å²) in [6, 6.07) is 5.81. The summed E-state index contributed by atoms with van der Waals surface area (Å²) < 4.78 is 64.4. The minimum atomic E-state index is -4.84. The normalized spacial score (nSPS) is 11.6. The summed E-state index contributed by atoms with van der Waals surface area (Å²) in [7, 11) is 0. The lowest BCUT2D eigenvalue weighted by Crippen LogP contribution is -2.08. The highest BCUT2D eigenvalue weighted by Crippen LogP contribution is 2.35. The molecule has 0 spiro atoms. The summed E-state index contributed by atoms with van der Waals surface area (Å²) in [5.74, 6) is -2.13. The van der Waals surface area contributed by atoms with Gasteiger partial charge in [0.05, 0.1) is 5.56 Å². The molecule has 0 saturated carbocycles. The van der Waals surface area contributed by atoms with E-state index in [4.69, 9.17) is 5.73 Å². The van der Waals surface area contributed by atoms with Crippen LogP contribution in [0.1, 0.15) is 5.56 Å². The third-order valence-electron chi connectivity index (χ3n) is 2.57. The minimum Gasteiger partial charge on any atom is -0.399 e. The van der Waals surface area contributed by atoms with Gasteiger partial charge in [-0.3, -0.25) is 0 Å². The molecule has 0 aromatic heterocycles. The summed E-state index contributed by atoms with van der Waals surface area (Å²) in [5.41, 5.74) is 4.03. The Morgan fingerprint density at radius 2 is 1.47 bits per heavy atom. The van der Waals surface area contributed by atoms with Gasteiger partial charge >= 0.3 is 6.18 Å². The molecular formula is C13H8F5N. The lowest BCUT2D eigenvalue weighted by molar-refractivity contribution is -0.139. The molecule has 0 unspecified atom stereocenters. The SMILES string of the molecule is Nc1ccc(F)c(-c2ccc(F)c(C(F)(F)F)c2)c1. The van der Waals surface area contributed by atoms with Crippen molar-refractivity contribution in [3.63, 3.8) is 0 Å². The Hall–Kier alpha value is -2.11. The summed E-state index contributed by atoms with van der Waals surface area (Å²) in [5, 5.41) is 0. The Kier molecular flexibility index (Phi) is 3.18. The number of anilines is 1. The van der Waals surface area contributed by atoms with Gasteiger partial charge in [-0.15, -0.1) is 0 Å². The van der Waals surface area contributed by atoms with Crippen molar-refractivity contribution in [3.8, 4) is 11.1 Å². The number of benzene rings is 2. The van der Waals surface area contributed by atoms with Gasteiger partial charge in [-0.25, -0.2) is 8.78 Å². The number of nitrogens with two attached hydrogens (primary N) is 1. The molecule has 2 rings (SSSR count). The first-order chi connectivity index (χ1) is 8.79. The van der Waals surface area contributed by atoms with Crippen molar-refractivity contribution in [2.75, 3.05) is 5.73 Å². The molecule has 0 atom stereocenters. The molecule has 2 N–H and O–H groups in total. The molecule has 0 fully saturated rings. The largest absolute Gasteiger partial charge is 0.419 e.